The normalized spacial score (nSPS) is 41.1. The molecule has 2 aromatic rings. The zero-order valence-electron chi connectivity index (χ0n) is 46.2. The van der Waals surface area contributed by atoms with Gasteiger partial charge >= 0.3 is 11.9 Å². The van der Waals surface area contributed by atoms with Gasteiger partial charge in [0.2, 0.25) is 0 Å². The van der Waals surface area contributed by atoms with Crippen molar-refractivity contribution in [3.05, 3.63) is 102 Å². The van der Waals surface area contributed by atoms with Crippen LogP contribution >= 0.6 is 0 Å². The summed E-state index contributed by atoms with van der Waals surface area (Å²) < 4.78 is 15.8. The SMILES string of the molecule is C=C[C@]1(C)C[C@@H](OC(=O)/C2=C/C=C/CCN(Cn3ccnc3)C2=O)[C@]2(C)C(C)CC[C@]3(CCC(=O)C32)[C@@H](C)[C@@H]1O.C=C[C@]1(C)C[C@@H](OC(=O)c2cccn(CCCO)c2=O)[C@]2(C)C(C)CC[C@]3(CCC(=O)C32)[C@@H](C)[C@@H]1O. The van der Waals surface area contributed by atoms with Crippen LogP contribution < -0.4 is 5.56 Å². The van der Waals surface area contributed by atoms with E-state index >= 15 is 0 Å². The molecule has 0 radical (unpaired) electrons. The van der Waals surface area contributed by atoms with E-state index in [9.17, 15) is 39.0 Å². The summed E-state index contributed by atoms with van der Waals surface area (Å²) in [5, 5.41) is 32.5. The highest BCUT2D eigenvalue weighted by Gasteiger charge is 2.70. The second kappa shape index (κ2) is 21.5. The first-order valence-electron chi connectivity index (χ1n) is 28.0. The molecule has 1 amide bonds. The highest BCUT2D eigenvalue weighted by atomic mass is 16.6. The number of carbonyl (C=O) groups excluding carboxylic acids is 5. The zero-order valence-corrected chi connectivity index (χ0v) is 46.2. The lowest BCUT2D eigenvalue weighted by atomic mass is 9.44. The first-order valence-corrected chi connectivity index (χ1v) is 28.0. The van der Waals surface area contributed by atoms with Crippen LogP contribution in [-0.4, -0.2) is 101 Å². The lowest BCUT2D eigenvalue weighted by Crippen LogP contribution is -2.63. The molecular weight excluding hydrogens is 965 g/mol. The molecule has 6 saturated carbocycles. The predicted octanol–water partition coefficient (Wildman–Crippen LogP) is 8.21. The molecule has 4 unspecified atom stereocenters. The molecule has 15 heteroatoms. The number of hydrogen-bond donors (Lipinski definition) is 3. The number of ether oxygens (including phenoxy) is 2. The third-order valence-corrected chi connectivity index (χ3v) is 21.5. The minimum Gasteiger partial charge on any atom is -0.458 e. The van der Waals surface area contributed by atoms with Gasteiger partial charge in [-0.1, -0.05) is 79.7 Å². The number of esters is 2. The van der Waals surface area contributed by atoms with Gasteiger partial charge in [0.25, 0.3) is 11.5 Å². The van der Waals surface area contributed by atoms with Crippen molar-refractivity contribution < 1.29 is 48.8 Å². The number of pyridine rings is 1. The summed E-state index contributed by atoms with van der Waals surface area (Å²) in [6, 6.07) is 3.09. The van der Waals surface area contributed by atoms with Gasteiger partial charge < -0.3 is 38.8 Å². The van der Waals surface area contributed by atoms with Crippen molar-refractivity contribution in [2.75, 3.05) is 13.2 Å². The molecule has 414 valence electrons. The molecule has 3 heterocycles. The first-order chi connectivity index (χ1) is 35.9. The summed E-state index contributed by atoms with van der Waals surface area (Å²) >= 11 is 0. The lowest BCUT2D eigenvalue weighted by Gasteiger charge is -2.61. The molecule has 2 aromatic heterocycles. The molecule has 0 saturated heterocycles. The molecule has 0 aromatic carbocycles. The number of aliphatic hydroxyl groups is 3. The Kier molecular flexibility index (Phi) is 16.1. The quantitative estimate of drug-likeness (QED) is 0.111. The van der Waals surface area contributed by atoms with Crippen molar-refractivity contribution in [2.24, 2.45) is 68.0 Å². The summed E-state index contributed by atoms with van der Waals surface area (Å²) in [6.45, 7) is 25.6. The fourth-order valence-electron chi connectivity index (χ4n) is 16.2. The van der Waals surface area contributed by atoms with Gasteiger partial charge in [0.1, 0.15) is 34.9 Å². The van der Waals surface area contributed by atoms with Gasteiger partial charge in [0.05, 0.1) is 25.2 Å². The van der Waals surface area contributed by atoms with E-state index in [1.54, 1.807) is 58.7 Å². The third kappa shape index (κ3) is 9.35. The fraction of sp³-hybridized carbons (Fsp3) is 0.656. The van der Waals surface area contributed by atoms with Crippen LogP contribution in [0.1, 0.15) is 143 Å². The molecule has 7 aliphatic rings. The number of imidazole rings is 1. The Morgan fingerprint density at radius 2 is 1.33 bits per heavy atom. The molecule has 6 fully saturated rings. The second-order valence-electron chi connectivity index (χ2n) is 25.0. The summed E-state index contributed by atoms with van der Waals surface area (Å²) in [7, 11) is 0. The number of aliphatic hydroxyl groups excluding tert-OH is 3. The van der Waals surface area contributed by atoms with Gasteiger partial charge in [-0.15, -0.1) is 13.2 Å². The average Bonchev–Trinajstić information content (AvgIpc) is 4.27. The Morgan fingerprint density at radius 1 is 0.789 bits per heavy atom. The van der Waals surface area contributed by atoms with Crippen LogP contribution in [0.25, 0.3) is 0 Å². The third-order valence-electron chi connectivity index (χ3n) is 21.5. The predicted molar refractivity (Wildman–Crippen MR) is 287 cm³/mol. The Morgan fingerprint density at radius 3 is 1.83 bits per heavy atom. The molecular formula is C61H84N4O11. The van der Waals surface area contributed by atoms with E-state index in [1.165, 1.54) is 16.7 Å². The maximum atomic E-state index is 14.0. The van der Waals surface area contributed by atoms with Gasteiger partial charge in [-0.05, 0) is 117 Å². The van der Waals surface area contributed by atoms with Crippen molar-refractivity contribution in [1.82, 2.24) is 19.0 Å². The molecule has 15 nitrogen and oxygen atoms in total. The molecule has 9 rings (SSSR count). The van der Waals surface area contributed by atoms with Crippen LogP contribution in [-0.2, 0) is 41.9 Å². The van der Waals surface area contributed by atoms with E-state index in [2.05, 4.69) is 59.7 Å². The number of carbonyl (C=O) groups is 5. The maximum Gasteiger partial charge on any atom is 0.344 e. The van der Waals surface area contributed by atoms with E-state index in [-0.39, 0.29) is 82.3 Å². The topological polar surface area (TPSA) is 208 Å². The Bertz CT molecular complexity index is 2690. The first kappa shape index (κ1) is 56.9. The monoisotopic (exact) mass is 1050 g/mol. The van der Waals surface area contributed by atoms with Gasteiger partial charge in [-0.3, -0.25) is 19.2 Å². The number of Topliss-reactive ketones (excluding diaryl/α,β-unsaturated/α-hetero) is 2. The standard InChI is InChI=1S/C32H43N3O5.C29H41NO6/c1-6-30(4)18-25(31(5)21(2)11-13-32(22(3)27(30)37)14-12-24(36)26(31)32)40-29(39)23-10-8-7-9-16-35(28(23)38)20-34-17-15-33-19-34;1-6-27(4)17-22(36-26(35)20-9-7-14-30(25(20)34)15-8-16-31)28(5)18(2)10-12-29(19(3)24(27)33)13-11-21(32)23(28)29/h6-8,10,15,17,19,21-22,25-27,37H,1,9,11-14,16,18,20H2,2-5H3;6-7,9,14,18-19,22-24,31,33H,1,8,10-13,15-17H2,2-5H3/b8-7+,23-10+;/t21?,22-,25+,26?,27-,30+,31-,32-;18?,19-,22+,23?,24-,27+,28-,29-/m00/s1. The highest BCUT2D eigenvalue weighted by molar-refractivity contribution is 6.16. The fourth-order valence-corrected chi connectivity index (χ4v) is 16.2. The number of aryl methyl sites for hydroxylation is 1. The van der Waals surface area contributed by atoms with Gasteiger partial charge in [0.15, 0.2) is 0 Å². The number of rotatable bonds is 11. The number of aromatic nitrogens is 3. The van der Waals surface area contributed by atoms with E-state index in [4.69, 9.17) is 14.6 Å². The van der Waals surface area contributed by atoms with E-state index < -0.39 is 69.5 Å². The Balaban J connectivity index is 0.000000203. The van der Waals surface area contributed by atoms with E-state index in [0.29, 0.717) is 51.6 Å². The second-order valence-corrected chi connectivity index (χ2v) is 25.0. The van der Waals surface area contributed by atoms with Crippen molar-refractivity contribution in [2.45, 2.75) is 170 Å². The summed E-state index contributed by atoms with van der Waals surface area (Å²) in [5.41, 5.74) is -4.02. The molecule has 4 bridgehead atoms. The zero-order chi connectivity index (χ0) is 55.3. The van der Waals surface area contributed by atoms with Crippen molar-refractivity contribution >= 4 is 29.4 Å². The summed E-state index contributed by atoms with van der Waals surface area (Å²) in [6.07, 6.45) is 20.2. The number of nitrogens with zero attached hydrogens (tertiary/aromatic N) is 4. The average molecular weight is 1050 g/mol. The van der Waals surface area contributed by atoms with Gasteiger partial charge in [-0.25, -0.2) is 14.6 Å². The van der Waals surface area contributed by atoms with Gasteiger partial charge in [0, 0.05) is 84.6 Å². The minimum atomic E-state index is -0.742. The minimum absolute atomic E-state index is 0.0385. The molecule has 76 heavy (non-hydrogen) atoms. The summed E-state index contributed by atoms with van der Waals surface area (Å²) in [5.74, 6) is -2.03. The number of allylic oxidation sites excluding steroid dienone is 2. The summed E-state index contributed by atoms with van der Waals surface area (Å²) in [4.78, 5) is 87.0. The maximum absolute atomic E-state index is 14.0. The molecule has 1 aliphatic heterocycles. The van der Waals surface area contributed by atoms with Crippen LogP contribution in [0.2, 0.25) is 0 Å². The lowest BCUT2D eigenvalue weighted by molar-refractivity contribution is -0.204. The van der Waals surface area contributed by atoms with Crippen LogP contribution in [0.4, 0.5) is 0 Å². The van der Waals surface area contributed by atoms with Crippen LogP contribution in [0.15, 0.2) is 91.0 Å². The number of amides is 1. The smallest absolute Gasteiger partial charge is 0.344 e. The molecule has 3 N–H and O–H groups in total. The largest absolute Gasteiger partial charge is 0.458 e. The van der Waals surface area contributed by atoms with E-state index in [1.807, 2.05) is 19.9 Å². The molecule has 6 aliphatic carbocycles. The van der Waals surface area contributed by atoms with Crippen LogP contribution in [0, 0.1) is 68.0 Å². The van der Waals surface area contributed by atoms with Crippen molar-refractivity contribution in [3.63, 3.8) is 0 Å². The van der Waals surface area contributed by atoms with Crippen molar-refractivity contribution in [3.8, 4) is 0 Å². The molecule has 16 atom stereocenters. The van der Waals surface area contributed by atoms with Crippen LogP contribution in [0.3, 0.4) is 0 Å². The highest BCUT2D eigenvalue weighted by Crippen LogP contribution is 2.69. The van der Waals surface area contributed by atoms with Crippen molar-refractivity contribution in [1.29, 1.82) is 0 Å². The number of ketones is 2. The Labute approximate surface area is 448 Å². The van der Waals surface area contributed by atoms with E-state index in [0.717, 1.165) is 38.5 Å². The number of hydrogen-bond acceptors (Lipinski definition) is 12. The van der Waals surface area contributed by atoms with Gasteiger partial charge in [-0.2, -0.15) is 0 Å². The Hall–Kier alpha value is -5.25. The van der Waals surface area contributed by atoms with Crippen LogP contribution in [0.5, 0.6) is 0 Å². The molecule has 0 spiro atoms.